The predicted molar refractivity (Wildman–Crippen MR) is 77.3 cm³/mol. The molecule has 3 rings (SSSR count). The van der Waals surface area contributed by atoms with Gasteiger partial charge in [0.05, 0.1) is 11.0 Å². The lowest BCUT2D eigenvalue weighted by Gasteiger charge is -2.14. The SMILES string of the molecule is CCCC1CC1NC(C)c1ccc2[nH]c(=O)[nH]c2c1. The van der Waals surface area contributed by atoms with Gasteiger partial charge in [-0.15, -0.1) is 0 Å². The Bertz CT molecular complexity index is 628. The average molecular weight is 259 g/mol. The molecule has 0 spiro atoms. The molecule has 4 nitrogen and oxygen atoms in total. The summed E-state index contributed by atoms with van der Waals surface area (Å²) in [4.78, 5) is 16.8. The topological polar surface area (TPSA) is 60.7 Å². The van der Waals surface area contributed by atoms with Gasteiger partial charge in [0, 0.05) is 12.1 Å². The Hall–Kier alpha value is -1.55. The summed E-state index contributed by atoms with van der Waals surface area (Å²) in [5.74, 6) is 0.864. The molecule has 4 heteroatoms. The molecule has 2 aromatic rings. The second-order valence-electron chi connectivity index (χ2n) is 5.66. The number of benzene rings is 1. The monoisotopic (exact) mass is 259 g/mol. The van der Waals surface area contributed by atoms with Crippen LogP contribution in [0.3, 0.4) is 0 Å². The summed E-state index contributed by atoms with van der Waals surface area (Å²) >= 11 is 0. The maximum atomic E-state index is 11.2. The zero-order valence-corrected chi connectivity index (χ0v) is 11.5. The number of hydrogen-bond acceptors (Lipinski definition) is 2. The molecule has 3 unspecified atom stereocenters. The van der Waals surface area contributed by atoms with E-state index >= 15 is 0 Å². The van der Waals surface area contributed by atoms with Gasteiger partial charge in [-0.05, 0) is 43.4 Å². The molecule has 1 aromatic heterocycles. The van der Waals surface area contributed by atoms with Gasteiger partial charge >= 0.3 is 5.69 Å². The third-order valence-electron chi connectivity index (χ3n) is 4.09. The molecule has 1 saturated carbocycles. The Labute approximate surface area is 112 Å². The van der Waals surface area contributed by atoms with Crippen LogP contribution < -0.4 is 11.0 Å². The Morgan fingerprint density at radius 1 is 1.37 bits per heavy atom. The van der Waals surface area contributed by atoms with Crippen molar-refractivity contribution >= 4 is 11.0 Å². The molecule has 1 aromatic carbocycles. The van der Waals surface area contributed by atoms with Crippen LogP contribution in [-0.2, 0) is 0 Å². The van der Waals surface area contributed by atoms with E-state index in [0.29, 0.717) is 12.1 Å². The highest BCUT2D eigenvalue weighted by atomic mass is 16.1. The van der Waals surface area contributed by atoms with Gasteiger partial charge in [0.25, 0.3) is 0 Å². The van der Waals surface area contributed by atoms with E-state index < -0.39 is 0 Å². The minimum Gasteiger partial charge on any atom is -0.307 e. The number of nitrogens with one attached hydrogen (secondary N) is 3. The summed E-state index contributed by atoms with van der Waals surface area (Å²) in [7, 11) is 0. The Morgan fingerprint density at radius 2 is 2.16 bits per heavy atom. The standard InChI is InChI=1S/C15H21N3O/c1-3-4-11-8-13(11)16-9(2)10-5-6-12-14(7-10)18-15(19)17-12/h5-7,9,11,13,16H,3-4,8H2,1-2H3,(H2,17,18,19). The normalized spacial score (nSPS) is 23.7. The first-order valence-electron chi connectivity index (χ1n) is 7.15. The van der Waals surface area contributed by atoms with Crippen LogP contribution in [0.15, 0.2) is 23.0 Å². The molecular formula is C15H21N3O. The molecule has 3 atom stereocenters. The van der Waals surface area contributed by atoms with E-state index in [1.165, 1.54) is 24.8 Å². The molecule has 1 aliphatic rings. The molecule has 0 saturated heterocycles. The predicted octanol–water partition coefficient (Wildman–Crippen LogP) is 2.70. The first-order chi connectivity index (χ1) is 9.17. The van der Waals surface area contributed by atoms with Crippen molar-refractivity contribution in [2.24, 2.45) is 5.92 Å². The van der Waals surface area contributed by atoms with Crippen molar-refractivity contribution in [3.63, 3.8) is 0 Å². The highest BCUT2D eigenvalue weighted by molar-refractivity contribution is 5.75. The van der Waals surface area contributed by atoms with Gasteiger partial charge < -0.3 is 15.3 Å². The second-order valence-corrected chi connectivity index (χ2v) is 5.66. The summed E-state index contributed by atoms with van der Waals surface area (Å²) in [6.45, 7) is 4.43. The molecule has 0 aliphatic heterocycles. The van der Waals surface area contributed by atoms with Crippen LogP contribution in [-0.4, -0.2) is 16.0 Å². The fraction of sp³-hybridized carbons (Fsp3) is 0.533. The summed E-state index contributed by atoms with van der Waals surface area (Å²) < 4.78 is 0. The lowest BCUT2D eigenvalue weighted by atomic mass is 10.1. The van der Waals surface area contributed by atoms with Gasteiger partial charge in [-0.25, -0.2) is 4.79 Å². The Morgan fingerprint density at radius 3 is 2.95 bits per heavy atom. The molecule has 102 valence electrons. The van der Waals surface area contributed by atoms with E-state index in [4.69, 9.17) is 0 Å². The summed E-state index contributed by atoms with van der Waals surface area (Å²) in [6.07, 6.45) is 3.91. The smallest absolute Gasteiger partial charge is 0.307 e. The first-order valence-corrected chi connectivity index (χ1v) is 7.15. The molecule has 19 heavy (non-hydrogen) atoms. The minimum atomic E-state index is -0.141. The van der Waals surface area contributed by atoms with Gasteiger partial charge in [0.15, 0.2) is 0 Å². The number of aromatic nitrogens is 2. The molecule has 0 bridgehead atoms. The van der Waals surface area contributed by atoms with Crippen molar-refractivity contribution in [1.29, 1.82) is 0 Å². The maximum Gasteiger partial charge on any atom is 0.323 e. The number of hydrogen-bond donors (Lipinski definition) is 3. The van der Waals surface area contributed by atoms with Gasteiger partial charge in [-0.1, -0.05) is 19.4 Å². The second kappa shape index (κ2) is 4.85. The number of rotatable bonds is 5. The van der Waals surface area contributed by atoms with Crippen LogP contribution in [0.2, 0.25) is 0 Å². The van der Waals surface area contributed by atoms with Gasteiger partial charge in [-0.3, -0.25) is 0 Å². The van der Waals surface area contributed by atoms with Crippen molar-refractivity contribution in [2.45, 2.75) is 45.2 Å². The van der Waals surface area contributed by atoms with Crippen molar-refractivity contribution < 1.29 is 0 Å². The highest BCUT2D eigenvalue weighted by Gasteiger charge is 2.36. The fourth-order valence-corrected chi connectivity index (χ4v) is 2.88. The summed E-state index contributed by atoms with van der Waals surface area (Å²) in [5.41, 5.74) is 2.84. The van der Waals surface area contributed by atoms with Gasteiger partial charge in [0.1, 0.15) is 0 Å². The number of aromatic amines is 2. The van der Waals surface area contributed by atoms with E-state index in [1.807, 2.05) is 6.07 Å². The Balaban J connectivity index is 1.71. The zero-order valence-electron chi connectivity index (χ0n) is 11.5. The molecule has 0 amide bonds. The van der Waals surface area contributed by atoms with E-state index in [2.05, 4.69) is 41.3 Å². The number of H-pyrrole nitrogens is 2. The van der Waals surface area contributed by atoms with Crippen molar-refractivity contribution in [3.8, 4) is 0 Å². The van der Waals surface area contributed by atoms with Gasteiger partial charge in [-0.2, -0.15) is 0 Å². The first kappa shape index (κ1) is 12.5. The lowest BCUT2D eigenvalue weighted by Crippen LogP contribution is -2.22. The Kier molecular flexibility index (Phi) is 3.19. The van der Waals surface area contributed by atoms with E-state index in [0.717, 1.165) is 17.0 Å². The van der Waals surface area contributed by atoms with Crippen LogP contribution >= 0.6 is 0 Å². The van der Waals surface area contributed by atoms with Gasteiger partial charge in [0.2, 0.25) is 0 Å². The van der Waals surface area contributed by atoms with E-state index in [9.17, 15) is 4.79 Å². The average Bonchev–Trinajstić information content (AvgIpc) is 2.98. The van der Waals surface area contributed by atoms with Crippen LogP contribution in [0.5, 0.6) is 0 Å². The number of fused-ring (bicyclic) bond motifs is 1. The van der Waals surface area contributed by atoms with E-state index in [1.54, 1.807) is 0 Å². The summed E-state index contributed by atoms with van der Waals surface area (Å²) in [6, 6.07) is 7.12. The minimum absolute atomic E-state index is 0.141. The van der Waals surface area contributed by atoms with Crippen LogP contribution in [0.1, 0.15) is 44.7 Å². The molecule has 1 fully saturated rings. The zero-order chi connectivity index (χ0) is 13.4. The largest absolute Gasteiger partial charge is 0.323 e. The third-order valence-corrected chi connectivity index (χ3v) is 4.09. The third kappa shape index (κ3) is 2.59. The lowest BCUT2D eigenvalue weighted by molar-refractivity contribution is 0.530. The van der Waals surface area contributed by atoms with Crippen LogP contribution in [0.25, 0.3) is 11.0 Å². The van der Waals surface area contributed by atoms with Crippen LogP contribution in [0.4, 0.5) is 0 Å². The van der Waals surface area contributed by atoms with Crippen LogP contribution in [0, 0.1) is 5.92 Å². The summed E-state index contributed by atoms with van der Waals surface area (Å²) in [5, 5.41) is 3.67. The van der Waals surface area contributed by atoms with Crippen molar-refractivity contribution in [1.82, 2.24) is 15.3 Å². The highest BCUT2D eigenvalue weighted by Crippen LogP contribution is 2.36. The van der Waals surface area contributed by atoms with E-state index in [-0.39, 0.29) is 5.69 Å². The fourth-order valence-electron chi connectivity index (χ4n) is 2.88. The van der Waals surface area contributed by atoms with Crippen molar-refractivity contribution in [2.75, 3.05) is 0 Å². The number of imidazole rings is 1. The molecule has 1 aliphatic carbocycles. The molecule has 1 heterocycles. The van der Waals surface area contributed by atoms with Crippen molar-refractivity contribution in [3.05, 3.63) is 34.2 Å². The molecule has 3 N–H and O–H groups in total. The quantitative estimate of drug-likeness (QED) is 0.773. The molecular weight excluding hydrogens is 238 g/mol. The molecule has 0 radical (unpaired) electrons. The maximum absolute atomic E-state index is 11.2.